The summed E-state index contributed by atoms with van der Waals surface area (Å²) >= 11 is 7.55. The molecule has 20 heavy (non-hydrogen) atoms. The third kappa shape index (κ3) is 3.02. The van der Waals surface area contributed by atoms with E-state index in [1.165, 1.54) is 0 Å². The highest BCUT2D eigenvalue weighted by Gasteiger charge is 2.27. The molecule has 0 aliphatic carbocycles. The number of nitrogens with zero attached hydrogens (tertiary/aromatic N) is 2. The average Bonchev–Trinajstić information content (AvgIpc) is 2.99. The van der Waals surface area contributed by atoms with E-state index in [-0.39, 0.29) is 12.1 Å². The number of rotatable bonds is 3. The fourth-order valence-corrected chi connectivity index (χ4v) is 3.35. The largest absolute Gasteiger partial charge is 0.325 e. The highest BCUT2D eigenvalue weighted by molar-refractivity contribution is 7.13. The second kappa shape index (κ2) is 5.79. The van der Waals surface area contributed by atoms with E-state index in [4.69, 9.17) is 23.1 Å². The fraction of sp³-hybridized carbons (Fsp3) is 0.357. The summed E-state index contributed by atoms with van der Waals surface area (Å²) in [6.45, 7) is 2.50. The quantitative estimate of drug-likeness (QED) is 0.909. The molecule has 2 atom stereocenters. The minimum absolute atomic E-state index is 0.0735. The summed E-state index contributed by atoms with van der Waals surface area (Å²) < 4.78 is 0. The number of aromatic nitrogens is 1. The minimum atomic E-state index is 0.0735. The van der Waals surface area contributed by atoms with Crippen LogP contribution in [0.15, 0.2) is 29.6 Å². The number of thiazole rings is 1. The molecule has 0 saturated carbocycles. The molecular formula is C14H17ClN4S. The van der Waals surface area contributed by atoms with Crippen molar-refractivity contribution in [2.75, 3.05) is 13.1 Å². The lowest BCUT2D eigenvalue weighted by atomic mass is 10.2. The van der Waals surface area contributed by atoms with Crippen LogP contribution < -0.4 is 11.5 Å². The van der Waals surface area contributed by atoms with Crippen molar-refractivity contribution in [2.24, 2.45) is 11.5 Å². The van der Waals surface area contributed by atoms with Gasteiger partial charge in [0.15, 0.2) is 0 Å². The zero-order valence-corrected chi connectivity index (χ0v) is 12.6. The molecule has 0 unspecified atom stereocenters. The standard InChI is InChI=1S/C14H17ClN4S/c15-10-3-1-9(2-4-10)14-18-11(8-20-14)5-19-6-12(16)13(17)7-19/h1-4,8,12-13H,5-7,16-17H2/t12-,13-/m1/s1. The molecule has 6 heteroatoms. The van der Waals surface area contributed by atoms with E-state index in [1.54, 1.807) is 11.3 Å². The first-order chi connectivity index (χ1) is 9.61. The van der Waals surface area contributed by atoms with Gasteiger partial charge in [-0.25, -0.2) is 4.98 Å². The van der Waals surface area contributed by atoms with Gasteiger partial charge in [0, 0.05) is 47.7 Å². The number of hydrogen-bond donors (Lipinski definition) is 2. The molecule has 1 fully saturated rings. The minimum Gasteiger partial charge on any atom is -0.325 e. The molecule has 0 amide bonds. The van der Waals surface area contributed by atoms with Gasteiger partial charge in [-0.05, 0) is 12.1 Å². The van der Waals surface area contributed by atoms with Gasteiger partial charge < -0.3 is 11.5 Å². The molecule has 4 N–H and O–H groups in total. The maximum absolute atomic E-state index is 5.94. The fourth-order valence-electron chi connectivity index (χ4n) is 2.40. The highest BCUT2D eigenvalue weighted by Crippen LogP contribution is 2.26. The van der Waals surface area contributed by atoms with Gasteiger partial charge in [0.1, 0.15) is 5.01 Å². The van der Waals surface area contributed by atoms with Crippen LogP contribution in [-0.2, 0) is 6.54 Å². The molecular weight excluding hydrogens is 292 g/mol. The predicted molar refractivity (Wildman–Crippen MR) is 83.8 cm³/mol. The number of likely N-dealkylation sites (tertiary alicyclic amines) is 1. The third-order valence-corrected chi connectivity index (χ3v) is 4.71. The third-order valence-electron chi connectivity index (χ3n) is 3.52. The first-order valence-electron chi connectivity index (χ1n) is 6.55. The number of nitrogens with two attached hydrogens (primary N) is 2. The normalized spacial score (nSPS) is 23.4. The number of hydrogen-bond acceptors (Lipinski definition) is 5. The molecule has 3 rings (SSSR count). The SMILES string of the molecule is N[C@@H]1CN(Cc2csc(-c3ccc(Cl)cc3)n2)C[C@H]1N. The molecule has 1 aromatic heterocycles. The summed E-state index contributed by atoms with van der Waals surface area (Å²) in [6.07, 6.45) is 0. The summed E-state index contributed by atoms with van der Waals surface area (Å²) in [6, 6.07) is 7.90. The van der Waals surface area contributed by atoms with Crippen molar-refractivity contribution in [3.63, 3.8) is 0 Å². The van der Waals surface area contributed by atoms with Crippen LogP contribution in [0.25, 0.3) is 10.6 Å². The van der Waals surface area contributed by atoms with E-state index in [9.17, 15) is 0 Å². The molecule has 0 spiro atoms. The molecule has 2 aromatic rings. The highest BCUT2D eigenvalue weighted by atomic mass is 35.5. The monoisotopic (exact) mass is 308 g/mol. The zero-order chi connectivity index (χ0) is 14.1. The Bertz CT molecular complexity index is 573. The Labute approximate surface area is 127 Å². The predicted octanol–water partition coefficient (Wildman–Crippen LogP) is 1.93. The molecule has 4 nitrogen and oxygen atoms in total. The Morgan fingerprint density at radius 3 is 2.50 bits per heavy atom. The molecule has 2 heterocycles. The van der Waals surface area contributed by atoms with Crippen molar-refractivity contribution in [1.82, 2.24) is 9.88 Å². The van der Waals surface area contributed by atoms with Crippen LogP contribution in [0, 0.1) is 0 Å². The van der Waals surface area contributed by atoms with E-state index < -0.39 is 0 Å². The molecule has 1 aliphatic rings. The van der Waals surface area contributed by atoms with E-state index in [0.717, 1.165) is 40.9 Å². The van der Waals surface area contributed by atoms with Crippen molar-refractivity contribution in [2.45, 2.75) is 18.6 Å². The first kappa shape index (κ1) is 14.0. The first-order valence-corrected chi connectivity index (χ1v) is 7.81. The number of halogens is 1. The zero-order valence-electron chi connectivity index (χ0n) is 11.0. The Morgan fingerprint density at radius 1 is 1.20 bits per heavy atom. The van der Waals surface area contributed by atoms with E-state index >= 15 is 0 Å². The Morgan fingerprint density at radius 2 is 1.85 bits per heavy atom. The lowest BCUT2D eigenvalue weighted by Gasteiger charge is -2.12. The maximum Gasteiger partial charge on any atom is 0.123 e. The summed E-state index contributed by atoms with van der Waals surface area (Å²) in [4.78, 5) is 6.94. The molecule has 106 valence electrons. The van der Waals surface area contributed by atoms with Crippen molar-refractivity contribution in [3.8, 4) is 10.6 Å². The van der Waals surface area contributed by atoms with Gasteiger partial charge in [0.05, 0.1) is 5.69 Å². The second-order valence-corrected chi connectivity index (χ2v) is 6.47. The van der Waals surface area contributed by atoms with E-state index in [2.05, 4.69) is 15.3 Å². The van der Waals surface area contributed by atoms with Crippen LogP contribution in [0.3, 0.4) is 0 Å². The molecule has 1 saturated heterocycles. The Balaban J connectivity index is 1.69. The van der Waals surface area contributed by atoms with Gasteiger partial charge in [-0.2, -0.15) is 0 Å². The molecule has 0 radical (unpaired) electrons. The van der Waals surface area contributed by atoms with E-state index in [0.29, 0.717) is 0 Å². The van der Waals surface area contributed by atoms with Crippen molar-refractivity contribution >= 4 is 22.9 Å². The van der Waals surface area contributed by atoms with Crippen LogP contribution in [0.2, 0.25) is 5.02 Å². The lowest BCUT2D eigenvalue weighted by Crippen LogP contribution is -2.39. The van der Waals surface area contributed by atoms with Crippen molar-refractivity contribution < 1.29 is 0 Å². The summed E-state index contributed by atoms with van der Waals surface area (Å²) in [7, 11) is 0. The Kier molecular flexibility index (Phi) is 4.05. The number of benzene rings is 1. The Hall–Kier alpha value is -0.980. The molecule has 1 aliphatic heterocycles. The van der Waals surface area contributed by atoms with Crippen LogP contribution in [0.1, 0.15) is 5.69 Å². The lowest BCUT2D eigenvalue weighted by molar-refractivity contribution is 0.320. The summed E-state index contributed by atoms with van der Waals surface area (Å²) in [5.74, 6) is 0. The van der Waals surface area contributed by atoms with Gasteiger partial charge in [-0.3, -0.25) is 4.90 Å². The van der Waals surface area contributed by atoms with Gasteiger partial charge in [0.25, 0.3) is 0 Å². The van der Waals surface area contributed by atoms with Gasteiger partial charge in [-0.1, -0.05) is 23.7 Å². The smallest absolute Gasteiger partial charge is 0.123 e. The maximum atomic E-state index is 5.94. The van der Waals surface area contributed by atoms with Gasteiger partial charge in [-0.15, -0.1) is 11.3 Å². The topological polar surface area (TPSA) is 68.2 Å². The average molecular weight is 309 g/mol. The van der Waals surface area contributed by atoms with Gasteiger partial charge in [0.2, 0.25) is 0 Å². The summed E-state index contributed by atoms with van der Waals surface area (Å²) in [5.41, 5.74) is 14.0. The van der Waals surface area contributed by atoms with Crippen molar-refractivity contribution in [1.29, 1.82) is 0 Å². The van der Waals surface area contributed by atoms with E-state index in [1.807, 2.05) is 24.3 Å². The van der Waals surface area contributed by atoms with Crippen LogP contribution in [-0.4, -0.2) is 35.1 Å². The van der Waals surface area contributed by atoms with Crippen molar-refractivity contribution in [3.05, 3.63) is 40.4 Å². The molecule has 0 bridgehead atoms. The van der Waals surface area contributed by atoms with Gasteiger partial charge >= 0.3 is 0 Å². The van der Waals surface area contributed by atoms with Crippen LogP contribution in [0.4, 0.5) is 0 Å². The van der Waals surface area contributed by atoms with Crippen LogP contribution >= 0.6 is 22.9 Å². The second-order valence-electron chi connectivity index (χ2n) is 5.17. The molecule has 1 aromatic carbocycles. The van der Waals surface area contributed by atoms with Crippen LogP contribution in [0.5, 0.6) is 0 Å². The summed E-state index contributed by atoms with van der Waals surface area (Å²) in [5, 5.41) is 3.86.